The van der Waals surface area contributed by atoms with Crippen molar-refractivity contribution in [3.05, 3.63) is 11.1 Å². The third-order valence-corrected chi connectivity index (χ3v) is 4.38. The molecular formula is C14H22N2O2S. The average Bonchev–Trinajstić information content (AvgIpc) is 3.10. The van der Waals surface area contributed by atoms with Crippen LogP contribution in [0.1, 0.15) is 46.2 Å². The molecule has 1 atom stereocenters. The van der Waals surface area contributed by atoms with Crippen molar-refractivity contribution < 1.29 is 9.53 Å². The second-order valence-corrected chi connectivity index (χ2v) is 6.51. The van der Waals surface area contributed by atoms with Crippen LogP contribution in [0.2, 0.25) is 0 Å². The standard InChI is InChI=1S/C14H22N2O2S/c1-5-18-12(17)14(3,4)11-8-19-13(16-11)15-9(2)10-6-7-10/h8-10H,5-7H2,1-4H3,(H,15,16). The zero-order valence-electron chi connectivity index (χ0n) is 12.0. The number of rotatable bonds is 6. The lowest BCUT2D eigenvalue weighted by Crippen LogP contribution is -2.31. The van der Waals surface area contributed by atoms with E-state index in [9.17, 15) is 4.79 Å². The molecule has 0 aromatic carbocycles. The van der Waals surface area contributed by atoms with E-state index in [1.54, 1.807) is 11.3 Å². The van der Waals surface area contributed by atoms with Crippen LogP contribution in [0, 0.1) is 5.92 Å². The molecule has 1 aromatic rings. The molecule has 1 aliphatic carbocycles. The Hall–Kier alpha value is -1.10. The molecule has 106 valence electrons. The first kappa shape index (κ1) is 14.3. The smallest absolute Gasteiger partial charge is 0.317 e. The molecule has 1 aromatic heterocycles. The van der Waals surface area contributed by atoms with Gasteiger partial charge in [0.15, 0.2) is 5.13 Å². The van der Waals surface area contributed by atoms with Gasteiger partial charge >= 0.3 is 5.97 Å². The average molecular weight is 282 g/mol. The maximum absolute atomic E-state index is 11.9. The zero-order chi connectivity index (χ0) is 14.0. The highest BCUT2D eigenvalue weighted by molar-refractivity contribution is 7.13. The Balaban J connectivity index is 2.04. The molecule has 4 nitrogen and oxygen atoms in total. The summed E-state index contributed by atoms with van der Waals surface area (Å²) in [6.45, 7) is 8.12. The molecule has 1 N–H and O–H groups in total. The molecule has 0 radical (unpaired) electrons. The van der Waals surface area contributed by atoms with Crippen LogP contribution in [0.25, 0.3) is 0 Å². The summed E-state index contributed by atoms with van der Waals surface area (Å²) < 4.78 is 5.10. The van der Waals surface area contributed by atoms with Crippen molar-refractivity contribution in [1.82, 2.24) is 4.98 Å². The normalized spacial score (nSPS) is 17.1. The number of ether oxygens (including phenoxy) is 1. The molecule has 1 heterocycles. The molecule has 1 aliphatic rings. The Morgan fingerprint density at radius 2 is 2.32 bits per heavy atom. The summed E-state index contributed by atoms with van der Waals surface area (Å²) in [6, 6.07) is 0.463. The summed E-state index contributed by atoms with van der Waals surface area (Å²) in [7, 11) is 0. The minimum atomic E-state index is -0.685. The van der Waals surface area contributed by atoms with E-state index < -0.39 is 5.41 Å². The largest absolute Gasteiger partial charge is 0.465 e. The van der Waals surface area contributed by atoms with E-state index in [0.717, 1.165) is 16.7 Å². The fourth-order valence-corrected chi connectivity index (χ4v) is 2.93. The number of anilines is 1. The quantitative estimate of drug-likeness (QED) is 0.814. The zero-order valence-corrected chi connectivity index (χ0v) is 12.8. The van der Waals surface area contributed by atoms with E-state index in [1.165, 1.54) is 12.8 Å². The highest BCUT2D eigenvalue weighted by atomic mass is 32.1. The Labute approximate surface area is 118 Å². The summed E-state index contributed by atoms with van der Waals surface area (Å²) in [6.07, 6.45) is 2.61. The van der Waals surface area contributed by atoms with Crippen LogP contribution in [-0.2, 0) is 14.9 Å². The highest BCUT2D eigenvalue weighted by Gasteiger charge is 2.34. The molecule has 0 aliphatic heterocycles. The van der Waals surface area contributed by atoms with Gasteiger partial charge in [0, 0.05) is 11.4 Å². The minimum Gasteiger partial charge on any atom is -0.465 e. The van der Waals surface area contributed by atoms with Crippen molar-refractivity contribution >= 4 is 22.4 Å². The Bertz CT molecular complexity index is 452. The predicted molar refractivity (Wildman–Crippen MR) is 77.6 cm³/mol. The molecular weight excluding hydrogens is 260 g/mol. The molecule has 2 rings (SSSR count). The monoisotopic (exact) mass is 282 g/mol. The predicted octanol–water partition coefficient (Wildman–Crippen LogP) is 3.19. The van der Waals surface area contributed by atoms with Gasteiger partial charge in [-0.3, -0.25) is 4.79 Å². The fourth-order valence-electron chi connectivity index (χ4n) is 1.95. The van der Waals surface area contributed by atoms with Crippen LogP contribution in [0.5, 0.6) is 0 Å². The minimum absolute atomic E-state index is 0.220. The topological polar surface area (TPSA) is 51.2 Å². The van der Waals surface area contributed by atoms with Crippen LogP contribution < -0.4 is 5.32 Å². The number of carbonyl (C=O) groups excluding carboxylic acids is 1. The molecule has 1 saturated carbocycles. The number of esters is 1. The Kier molecular flexibility index (Phi) is 4.13. The molecule has 1 unspecified atom stereocenters. The number of hydrogen-bond acceptors (Lipinski definition) is 5. The van der Waals surface area contributed by atoms with Gasteiger partial charge in [-0.05, 0) is 46.5 Å². The molecule has 0 saturated heterocycles. The third kappa shape index (κ3) is 3.26. The molecule has 0 bridgehead atoms. The van der Waals surface area contributed by atoms with Crippen LogP contribution >= 0.6 is 11.3 Å². The van der Waals surface area contributed by atoms with Crippen molar-refractivity contribution in [3.63, 3.8) is 0 Å². The van der Waals surface area contributed by atoms with Gasteiger partial charge in [0.1, 0.15) is 5.41 Å². The first-order chi connectivity index (χ1) is 8.95. The van der Waals surface area contributed by atoms with Gasteiger partial charge in [-0.2, -0.15) is 0 Å². The second-order valence-electron chi connectivity index (χ2n) is 5.65. The number of aromatic nitrogens is 1. The van der Waals surface area contributed by atoms with Gasteiger partial charge in [-0.1, -0.05) is 0 Å². The summed E-state index contributed by atoms with van der Waals surface area (Å²) in [5.41, 5.74) is 0.0939. The van der Waals surface area contributed by atoms with Crippen LogP contribution in [0.3, 0.4) is 0 Å². The summed E-state index contributed by atoms with van der Waals surface area (Å²) in [5.74, 6) is 0.563. The number of nitrogens with one attached hydrogen (secondary N) is 1. The van der Waals surface area contributed by atoms with Crippen molar-refractivity contribution in [3.8, 4) is 0 Å². The van der Waals surface area contributed by atoms with Gasteiger partial charge in [-0.15, -0.1) is 11.3 Å². The van der Waals surface area contributed by atoms with Crippen LogP contribution in [0.15, 0.2) is 5.38 Å². The molecule has 1 fully saturated rings. The Morgan fingerprint density at radius 1 is 1.63 bits per heavy atom. The Morgan fingerprint density at radius 3 is 2.89 bits per heavy atom. The van der Waals surface area contributed by atoms with Crippen molar-refractivity contribution in [2.75, 3.05) is 11.9 Å². The van der Waals surface area contributed by atoms with Crippen molar-refractivity contribution in [2.45, 2.75) is 52.0 Å². The van der Waals surface area contributed by atoms with Gasteiger partial charge in [0.25, 0.3) is 0 Å². The number of thiazole rings is 1. The van der Waals surface area contributed by atoms with Crippen molar-refractivity contribution in [1.29, 1.82) is 0 Å². The van der Waals surface area contributed by atoms with Crippen LogP contribution in [-0.4, -0.2) is 23.6 Å². The summed E-state index contributed by atoms with van der Waals surface area (Å²) in [5, 5.41) is 6.26. The van der Waals surface area contributed by atoms with Crippen LogP contribution in [0.4, 0.5) is 5.13 Å². The van der Waals surface area contributed by atoms with E-state index in [0.29, 0.717) is 12.6 Å². The SMILES string of the molecule is CCOC(=O)C(C)(C)c1csc(NC(C)C2CC2)n1. The van der Waals surface area contributed by atoms with E-state index in [4.69, 9.17) is 4.74 Å². The maximum atomic E-state index is 11.9. The molecule has 0 spiro atoms. The lowest BCUT2D eigenvalue weighted by atomic mass is 9.90. The second kappa shape index (κ2) is 5.49. The number of hydrogen-bond donors (Lipinski definition) is 1. The molecule has 19 heavy (non-hydrogen) atoms. The fraction of sp³-hybridized carbons (Fsp3) is 0.714. The number of nitrogens with zero attached hydrogens (tertiary/aromatic N) is 1. The molecule has 0 amide bonds. The summed E-state index contributed by atoms with van der Waals surface area (Å²) in [4.78, 5) is 16.5. The van der Waals surface area contributed by atoms with Gasteiger partial charge < -0.3 is 10.1 Å². The van der Waals surface area contributed by atoms with Gasteiger partial charge in [0.2, 0.25) is 0 Å². The highest BCUT2D eigenvalue weighted by Crippen LogP contribution is 2.35. The third-order valence-electron chi connectivity index (χ3n) is 3.61. The van der Waals surface area contributed by atoms with E-state index in [1.807, 2.05) is 26.2 Å². The maximum Gasteiger partial charge on any atom is 0.317 e. The van der Waals surface area contributed by atoms with Crippen molar-refractivity contribution in [2.24, 2.45) is 5.92 Å². The number of carbonyl (C=O) groups is 1. The first-order valence-corrected chi connectivity index (χ1v) is 7.73. The van der Waals surface area contributed by atoms with Gasteiger partial charge in [0.05, 0.1) is 12.3 Å². The van der Waals surface area contributed by atoms with E-state index in [-0.39, 0.29) is 5.97 Å². The molecule has 5 heteroatoms. The lowest BCUT2D eigenvalue weighted by Gasteiger charge is -2.19. The first-order valence-electron chi connectivity index (χ1n) is 6.85. The van der Waals surface area contributed by atoms with Gasteiger partial charge in [-0.25, -0.2) is 4.98 Å². The van der Waals surface area contributed by atoms with E-state index >= 15 is 0 Å². The van der Waals surface area contributed by atoms with E-state index in [2.05, 4.69) is 17.2 Å². The summed E-state index contributed by atoms with van der Waals surface area (Å²) >= 11 is 1.56. The lowest BCUT2D eigenvalue weighted by molar-refractivity contribution is -0.148.